The Hall–Kier alpha value is -1.82. The molecule has 1 rings (SSSR count). The van der Waals surface area contributed by atoms with Crippen LogP contribution in [0.4, 0.5) is 5.69 Å². The molecule has 0 unspecified atom stereocenters. The van der Waals surface area contributed by atoms with E-state index in [0.29, 0.717) is 18.7 Å². The van der Waals surface area contributed by atoms with E-state index in [1.807, 2.05) is 0 Å². The number of pyridine rings is 1. The van der Waals surface area contributed by atoms with E-state index in [0.717, 1.165) is 5.69 Å². The molecule has 0 spiro atoms. The molecule has 0 fully saturated rings. The Kier molecular flexibility index (Phi) is 4.07. The zero-order valence-corrected chi connectivity index (χ0v) is 9.03. The number of aliphatic carboxylic acids is 1. The number of nitrogen functional groups attached to an aromatic ring is 1. The van der Waals surface area contributed by atoms with Crippen LogP contribution in [-0.4, -0.2) is 10.5 Å². The number of carboxylic acids is 1. The summed E-state index contributed by atoms with van der Waals surface area (Å²) in [4.78, 5) is 21.8. The van der Waals surface area contributed by atoms with Gasteiger partial charge < -0.3 is 19.9 Å². The zero-order chi connectivity index (χ0) is 12.1. The first-order chi connectivity index (χ1) is 7.54. The van der Waals surface area contributed by atoms with E-state index in [9.17, 15) is 14.7 Å². The summed E-state index contributed by atoms with van der Waals surface area (Å²) >= 11 is 0. The average molecular weight is 224 g/mol. The molecule has 3 N–H and O–H groups in total. The number of nitrogens with two attached hydrogens (primary N) is 1. The van der Waals surface area contributed by atoms with Crippen molar-refractivity contribution in [1.29, 1.82) is 0 Å². The second-order valence-corrected chi connectivity index (χ2v) is 3.50. The summed E-state index contributed by atoms with van der Waals surface area (Å²) < 4.78 is 1.50. The molecule has 1 aromatic rings. The molecule has 1 heterocycles. The highest BCUT2D eigenvalue weighted by Crippen LogP contribution is 2.06. The first kappa shape index (κ1) is 12.3. The number of nitrogens with zero attached hydrogens (tertiary/aromatic N) is 1. The minimum atomic E-state index is -1.11. The van der Waals surface area contributed by atoms with Gasteiger partial charge in [0.05, 0.1) is 5.69 Å². The number of hydrazine groups is 1. The number of nitrogens with one attached hydrogen (secondary N) is 1. The number of hydrogen-bond donors (Lipinski definition) is 2. The molecule has 0 atom stereocenters. The predicted molar refractivity (Wildman–Crippen MR) is 57.5 cm³/mol. The van der Waals surface area contributed by atoms with Gasteiger partial charge in [-0.3, -0.25) is 10.6 Å². The third kappa shape index (κ3) is 3.09. The highest BCUT2D eigenvalue weighted by atomic mass is 16.4. The summed E-state index contributed by atoms with van der Waals surface area (Å²) in [5.74, 6) is 4.09. The average Bonchev–Trinajstić information content (AvgIpc) is 2.21. The summed E-state index contributed by atoms with van der Waals surface area (Å²) in [6.45, 7) is 2.13. The SMILES string of the molecule is Cc1cc(NN)cc(=O)n1CCCC(=O)[O-]. The Morgan fingerprint density at radius 1 is 1.56 bits per heavy atom. The summed E-state index contributed by atoms with van der Waals surface area (Å²) in [5.41, 5.74) is 3.47. The Bertz CT molecular complexity index is 439. The van der Waals surface area contributed by atoms with E-state index in [1.165, 1.54) is 10.6 Å². The van der Waals surface area contributed by atoms with Gasteiger partial charge in [0.2, 0.25) is 0 Å². The third-order valence-corrected chi connectivity index (χ3v) is 2.26. The first-order valence-electron chi connectivity index (χ1n) is 4.92. The number of hydrogen-bond acceptors (Lipinski definition) is 5. The van der Waals surface area contributed by atoms with Gasteiger partial charge in [0.15, 0.2) is 0 Å². The standard InChI is InChI=1S/C10H15N3O3/c1-7-5-8(12-11)6-9(14)13(7)4-2-3-10(15)16/h5-6,12H,2-4,11H2,1H3,(H,15,16)/p-1. The summed E-state index contributed by atoms with van der Waals surface area (Å²) in [5, 5.41) is 10.2. The third-order valence-electron chi connectivity index (χ3n) is 2.26. The van der Waals surface area contributed by atoms with Crippen molar-refractivity contribution in [2.45, 2.75) is 26.3 Å². The summed E-state index contributed by atoms with van der Waals surface area (Å²) in [6.07, 6.45) is 0.321. The number of carbonyl (C=O) groups excluding carboxylic acids is 1. The monoisotopic (exact) mass is 224 g/mol. The highest BCUT2D eigenvalue weighted by Gasteiger charge is 2.02. The van der Waals surface area contributed by atoms with Crippen LogP contribution >= 0.6 is 0 Å². The van der Waals surface area contributed by atoms with Crippen LogP contribution in [0.15, 0.2) is 16.9 Å². The topological polar surface area (TPSA) is 100 Å². The fourth-order valence-electron chi connectivity index (χ4n) is 1.48. The fourth-order valence-corrected chi connectivity index (χ4v) is 1.48. The van der Waals surface area contributed by atoms with Crippen LogP contribution in [0.5, 0.6) is 0 Å². The van der Waals surface area contributed by atoms with Crippen LogP contribution in [-0.2, 0) is 11.3 Å². The van der Waals surface area contributed by atoms with Crippen LogP contribution < -0.4 is 21.9 Å². The van der Waals surface area contributed by atoms with Crippen molar-refractivity contribution in [1.82, 2.24) is 4.57 Å². The van der Waals surface area contributed by atoms with E-state index < -0.39 is 5.97 Å². The molecule has 1 aromatic heterocycles. The zero-order valence-electron chi connectivity index (χ0n) is 9.03. The molecule has 0 aliphatic rings. The van der Waals surface area contributed by atoms with Crippen molar-refractivity contribution < 1.29 is 9.90 Å². The lowest BCUT2D eigenvalue weighted by Gasteiger charge is -2.11. The molecule has 0 aliphatic carbocycles. The van der Waals surface area contributed by atoms with E-state index in [1.54, 1.807) is 13.0 Å². The molecule has 6 nitrogen and oxygen atoms in total. The molecule has 0 aliphatic heterocycles. The number of rotatable bonds is 5. The maximum atomic E-state index is 11.6. The van der Waals surface area contributed by atoms with Gasteiger partial charge in [-0.15, -0.1) is 0 Å². The summed E-state index contributed by atoms with van der Waals surface area (Å²) in [6, 6.07) is 3.09. The second-order valence-electron chi connectivity index (χ2n) is 3.50. The first-order valence-corrected chi connectivity index (χ1v) is 4.92. The smallest absolute Gasteiger partial charge is 0.252 e. The van der Waals surface area contributed by atoms with Crippen molar-refractivity contribution in [2.24, 2.45) is 5.84 Å². The molecule has 6 heteroatoms. The molecule has 0 bridgehead atoms. The van der Waals surface area contributed by atoms with Gasteiger partial charge in [-0.2, -0.15) is 0 Å². The Morgan fingerprint density at radius 2 is 2.25 bits per heavy atom. The molecule has 0 saturated heterocycles. The number of carboxylic acid groups (broad SMARTS) is 1. The van der Waals surface area contributed by atoms with Crippen molar-refractivity contribution in [3.05, 3.63) is 28.2 Å². The van der Waals surface area contributed by atoms with Crippen LogP contribution in [0.3, 0.4) is 0 Å². The molecule has 88 valence electrons. The molecule has 0 radical (unpaired) electrons. The Labute approximate surface area is 92.7 Å². The van der Waals surface area contributed by atoms with Crippen LogP contribution in [0.25, 0.3) is 0 Å². The fraction of sp³-hybridized carbons (Fsp3) is 0.400. The molecule has 0 aromatic carbocycles. The van der Waals surface area contributed by atoms with Gasteiger partial charge in [-0.05, 0) is 25.8 Å². The van der Waals surface area contributed by atoms with Crippen molar-refractivity contribution in [3.63, 3.8) is 0 Å². The van der Waals surface area contributed by atoms with Crippen molar-refractivity contribution >= 4 is 11.7 Å². The van der Waals surface area contributed by atoms with Crippen molar-refractivity contribution in [2.75, 3.05) is 5.43 Å². The van der Waals surface area contributed by atoms with E-state index >= 15 is 0 Å². The number of aromatic nitrogens is 1. The van der Waals surface area contributed by atoms with Crippen LogP contribution in [0.1, 0.15) is 18.5 Å². The van der Waals surface area contributed by atoms with Gasteiger partial charge in [-0.25, -0.2) is 0 Å². The van der Waals surface area contributed by atoms with Crippen LogP contribution in [0.2, 0.25) is 0 Å². The van der Waals surface area contributed by atoms with E-state index in [-0.39, 0.29) is 12.0 Å². The van der Waals surface area contributed by atoms with Gasteiger partial charge in [-0.1, -0.05) is 0 Å². The van der Waals surface area contributed by atoms with Gasteiger partial charge >= 0.3 is 0 Å². The molecule has 0 saturated carbocycles. The largest absolute Gasteiger partial charge is 0.550 e. The summed E-state index contributed by atoms with van der Waals surface area (Å²) in [7, 11) is 0. The lowest BCUT2D eigenvalue weighted by Crippen LogP contribution is -2.26. The van der Waals surface area contributed by atoms with Gasteiger partial charge in [0.25, 0.3) is 5.56 Å². The number of carbonyl (C=O) groups is 1. The minimum Gasteiger partial charge on any atom is -0.550 e. The lowest BCUT2D eigenvalue weighted by molar-refractivity contribution is -0.305. The molecular formula is C10H14N3O3-. The molecular weight excluding hydrogens is 210 g/mol. The minimum absolute atomic E-state index is 0.0528. The molecule has 16 heavy (non-hydrogen) atoms. The Morgan fingerprint density at radius 3 is 2.75 bits per heavy atom. The predicted octanol–water partition coefficient (Wildman–Crippen LogP) is -1.03. The number of aryl methyl sites for hydroxylation is 1. The molecule has 0 amide bonds. The second kappa shape index (κ2) is 5.32. The van der Waals surface area contributed by atoms with E-state index in [4.69, 9.17) is 5.84 Å². The highest BCUT2D eigenvalue weighted by molar-refractivity contribution is 5.64. The number of anilines is 1. The Balaban J connectivity index is 2.80. The van der Waals surface area contributed by atoms with Crippen molar-refractivity contribution in [3.8, 4) is 0 Å². The van der Waals surface area contributed by atoms with Gasteiger partial charge in [0.1, 0.15) is 0 Å². The maximum Gasteiger partial charge on any atom is 0.252 e. The van der Waals surface area contributed by atoms with Crippen LogP contribution in [0, 0.1) is 6.92 Å². The quantitative estimate of drug-likeness (QED) is 0.492. The van der Waals surface area contributed by atoms with E-state index in [2.05, 4.69) is 5.43 Å². The lowest BCUT2D eigenvalue weighted by atomic mass is 10.2. The maximum absolute atomic E-state index is 11.6. The normalized spacial score (nSPS) is 10.1. The van der Waals surface area contributed by atoms with Gasteiger partial charge in [0, 0.05) is 24.3 Å².